The van der Waals surface area contributed by atoms with Gasteiger partial charge in [-0.1, -0.05) is 30.2 Å². The molecule has 96 valence electrons. The number of amides is 1. The number of terminal acetylenes is 1. The maximum Gasteiger partial charge on any atom is 0.224 e. The lowest BCUT2D eigenvalue weighted by Gasteiger charge is -2.08. The number of nitrogens with two attached hydrogens (primary N) is 1. The third kappa shape index (κ3) is 5.26. The summed E-state index contributed by atoms with van der Waals surface area (Å²) in [5.74, 6) is 4.10. The highest BCUT2D eigenvalue weighted by molar-refractivity contribution is 7.99. The van der Waals surface area contributed by atoms with Gasteiger partial charge in [-0.05, 0) is 11.1 Å². The first kappa shape index (κ1) is 14.6. The van der Waals surface area contributed by atoms with Crippen LogP contribution in [0.15, 0.2) is 24.3 Å². The maximum absolute atomic E-state index is 11.7. The number of hydrogen-bond acceptors (Lipinski definition) is 3. The van der Waals surface area contributed by atoms with Gasteiger partial charge in [-0.25, -0.2) is 0 Å². The van der Waals surface area contributed by atoms with Crippen molar-refractivity contribution in [2.75, 3.05) is 18.1 Å². The van der Waals surface area contributed by atoms with E-state index in [1.54, 1.807) is 11.8 Å². The van der Waals surface area contributed by atoms with Crippen LogP contribution < -0.4 is 11.1 Å². The lowest BCUT2D eigenvalue weighted by Crippen LogP contribution is -2.27. The largest absolute Gasteiger partial charge is 0.355 e. The topological polar surface area (TPSA) is 55.1 Å². The lowest BCUT2D eigenvalue weighted by molar-refractivity contribution is -0.120. The fraction of sp³-hybridized carbons (Fsp3) is 0.357. The standard InChI is InChI=1S/C14H18N2OS/c1-2-8-18-9-7-16-14(17)10-12-5-3-4-6-13(12)11-15/h1,3-6H,7-11,15H2,(H,16,17). The van der Waals surface area contributed by atoms with Crippen molar-refractivity contribution in [2.45, 2.75) is 13.0 Å². The summed E-state index contributed by atoms with van der Waals surface area (Å²) in [4.78, 5) is 11.7. The fourth-order valence-corrected chi connectivity index (χ4v) is 2.07. The van der Waals surface area contributed by atoms with E-state index in [-0.39, 0.29) is 5.91 Å². The van der Waals surface area contributed by atoms with Crippen molar-refractivity contribution in [1.29, 1.82) is 0 Å². The second kappa shape index (κ2) is 8.62. The Bertz CT molecular complexity index is 426. The van der Waals surface area contributed by atoms with Gasteiger partial charge in [0.1, 0.15) is 0 Å². The predicted molar refractivity (Wildman–Crippen MR) is 77.2 cm³/mol. The van der Waals surface area contributed by atoms with Crippen molar-refractivity contribution in [3.05, 3.63) is 35.4 Å². The van der Waals surface area contributed by atoms with Gasteiger partial charge in [0.05, 0.1) is 12.2 Å². The van der Waals surface area contributed by atoms with Crippen LogP contribution in [-0.4, -0.2) is 24.0 Å². The van der Waals surface area contributed by atoms with Crippen LogP contribution in [0.1, 0.15) is 11.1 Å². The Labute approximate surface area is 113 Å². The van der Waals surface area contributed by atoms with E-state index in [1.807, 2.05) is 24.3 Å². The average molecular weight is 262 g/mol. The zero-order valence-electron chi connectivity index (χ0n) is 10.3. The highest BCUT2D eigenvalue weighted by atomic mass is 32.2. The highest BCUT2D eigenvalue weighted by Gasteiger charge is 2.05. The van der Waals surface area contributed by atoms with Gasteiger partial charge in [-0.15, -0.1) is 18.2 Å². The summed E-state index contributed by atoms with van der Waals surface area (Å²) >= 11 is 1.64. The minimum Gasteiger partial charge on any atom is -0.355 e. The third-order valence-electron chi connectivity index (χ3n) is 2.44. The molecule has 0 heterocycles. The first-order valence-electron chi connectivity index (χ1n) is 5.82. The van der Waals surface area contributed by atoms with Crippen molar-refractivity contribution in [3.63, 3.8) is 0 Å². The molecule has 0 spiro atoms. The number of hydrogen-bond donors (Lipinski definition) is 2. The van der Waals surface area contributed by atoms with Crippen molar-refractivity contribution in [1.82, 2.24) is 5.32 Å². The van der Waals surface area contributed by atoms with Crippen LogP contribution in [0.3, 0.4) is 0 Å². The summed E-state index contributed by atoms with van der Waals surface area (Å²) in [6.07, 6.45) is 5.52. The van der Waals surface area contributed by atoms with E-state index in [9.17, 15) is 4.79 Å². The maximum atomic E-state index is 11.7. The Morgan fingerprint density at radius 3 is 2.78 bits per heavy atom. The molecule has 0 saturated heterocycles. The Morgan fingerprint density at radius 1 is 1.39 bits per heavy atom. The molecule has 1 amide bonds. The van der Waals surface area contributed by atoms with Gasteiger partial charge >= 0.3 is 0 Å². The molecule has 0 aliphatic carbocycles. The zero-order valence-corrected chi connectivity index (χ0v) is 11.1. The Morgan fingerprint density at radius 2 is 2.11 bits per heavy atom. The van der Waals surface area contributed by atoms with Crippen molar-refractivity contribution < 1.29 is 4.79 Å². The van der Waals surface area contributed by atoms with Crippen molar-refractivity contribution in [3.8, 4) is 12.3 Å². The van der Waals surface area contributed by atoms with Gasteiger partial charge in [0.2, 0.25) is 5.91 Å². The molecule has 0 unspecified atom stereocenters. The molecular formula is C14H18N2OS. The predicted octanol–water partition coefficient (Wildman–Crippen LogP) is 1.17. The molecule has 18 heavy (non-hydrogen) atoms. The Kier molecular flexibility index (Phi) is 7.00. The molecule has 1 rings (SSSR count). The van der Waals surface area contributed by atoms with E-state index in [1.165, 1.54) is 0 Å². The lowest BCUT2D eigenvalue weighted by atomic mass is 10.0. The molecule has 0 fully saturated rings. The minimum atomic E-state index is 0.0252. The molecule has 0 aliphatic rings. The molecular weight excluding hydrogens is 244 g/mol. The van der Waals surface area contributed by atoms with Crippen LogP contribution in [0.4, 0.5) is 0 Å². The number of carbonyl (C=O) groups is 1. The zero-order chi connectivity index (χ0) is 13.2. The second-order valence-corrected chi connectivity index (χ2v) is 4.86. The van der Waals surface area contributed by atoms with Gasteiger partial charge in [0.25, 0.3) is 0 Å². The van der Waals surface area contributed by atoms with Crippen LogP contribution in [0, 0.1) is 12.3 Å². The molecule has 0 bridgehead atoms. The summed E-state index contributed by atoms with van der Waals surface area (Å²) in [6, 6.07) is 7.74. The molecule has 4 heteroatoms. The molecule has 1 aromatic rings. The van der Waals surface area contributed by atoms with Crippen molar-refractivity contribution >= 4 is 17.7 Å². The summed E-state index contributed by atoms with van der Waals surface area (Å²) in [6.45, 7) is 1.11. The summed E-state index contributed by atoms with van der Waals surface area (Å²) in [5, 5.41) is 2.87. The third-order valence-corrected chi connectivity index (χ3v) is 3.31. The second-order valence-electron chi connectivity index (χ2n) is 3.76. The SMILES string of the molecule is C#CCSCCNC(=O)Cc1ccccc1CN. The summed E-state index contributed by atoms with van der Waals surface area (Å²) in [7, 11) is 0. The van der Waals surface area contributed by atoms with E-state index < -0.39 is 0 Å². The highest BCUT2D eigenvalue weighted by Crippen LogP contribution is 2.08. The molecule has 0 aliphatic heterocycles. The molecule has 1 aromatic carbocycles. The van der Waals surface area contributed by atoms with Gasteiger partial charge in [-0.2, -0.15) is 0 Å². The smallest absolute Gasteiger partial charge is 0.224 e. The number of benzene rings is 1. The van der Waals surface area contributed by atoms with E-state index in [4.69, 9.17) is 12.2 Å². The van der Waals surface area contributed by atoms with Crippen LogP contribution in [0.25, 0.3) is 0 Å². The van der Waals surface area contributed by atoms with Gasteiger partial charge in [0.15, 0.2) is 0 Å². The Hall–Kier alpha value is -1.44. The number of rotatable bonds is 7. The van der Waals surface area contributed by atoms with Crippen LogP contribution in [0.5, 0.6) is 0 Å². The van der Waals surface area contributed by atoms with E-state index in [0.717, 1.165) is 16.9 Å². The molecule has 3 N–H and O–H groups in total. The molecule has 0 aromatic heterocycles. The number of carbonyl (C=O) groups excluding carboxylic acids is 1. The van der Waals surface area contributed by atoms with Crippen LogP contribution in [0.2, 0.25) is 0 Å². The summed E-state index contributed by atoms with van der Waals surface area (Å²) < 4.78 is 0. The molecule has 0 atom stereocenters. The minimum absolute atomic E-state index is 0.0252. The first-order chi connectivity index (χ1) is 8.77. The van der Waals surface area contributed by atoms with Crippen molar-refractivity contribution in [2.24, 2.45) is 5.73 Å². The van der Waals surface area contributed by atoms with Crippen LogP contribution >= 0.6 is 11.8 Å². The Balaban J connectivity index is 2.33. The normalized spacial score (nSPS) is 9.78. The molecule has 0 saturated carbocycles. The number of thioether (sulfide) groups is 1. The first-order valence-corrected chi connectivity index (χ1v) is 6.98. The summed E-state index contributed by atoms with van der Waals surface area (Å²) in [5.41, 5.74) is 7.64. The van der Waals surface area contributed by atoms with Crippen LogP contribution in [-0.2, 0) is 17.8 Å². The molecule has 3 nitrogen and oxygen atoms in total. The van der Waals surface area contributed by atoms with E-state index in [0.29, 0.717) is 25.3 Å². The van der Waals surface area contributed by atoms with E-state index >= 15 is 0 Å². The molecule has 0 radical (unpaired) electrons. The average Bonchev–Trinajstić information content (AvgIpc) is 2.39. The monoisotopic (exact) mass is 262 g/mol. The van der Waals surface area contributed by atoms with E-state index in [2.05, 4.69) is 11.2 Å². The quantitative estimate of drug-likeness (QED) is 0.573. The fourth-order valence-electron chi connectivity index (χ4n) is 1.56. The van der Waals surface area contributed by atoms with Gasteiger partial charge in [0, 0.05) is 18.8 Å². The van der Waals surface area contributed by atoms with Gasteiger partial charge in [-0.3, -0.25) is 4.79 Å². The number of nitrogens with one attached hydrogen (secondary N) is 1. The van der Waals surface area contributed by atoms with Gasteiger partial charge < -0.3 is 11.1 Å².